The lowest BCUT2D eigenvalue weighted by atomic mass is 10.1. The van der Waals surface area contributed by atoms with E-state index in [-0.39, 0.29) is 11.9 Å². The second-order valence-electron chi connectivity index (χ2n) is 8.64. The Hall–Kier alpha value is -2.76. The van der Waals surface area contributed by atoms with Gasteiger partial charge in [-0.1, -0.05) is 0 Å². The van der Waals surface area contributed by atoms with Gasteiger partial charge in [0.1, 0.15) is 5.69 Å². The Balaban J connectivity index is 1.28. The minimum atomic E-state index is -0.227. The molecule has 3 N–H and O–H groups in total. The van der Waals surface area contributed by atoms with Crippen molar-refractivity contribution in [2.75, 3.05) is 17.9 Å². The summed E-state index contributed by atoms with van der Waals surface area (Å²) >= 11 is 3.04. The Bertz CT molecular complexity index is 1150. The van der Waals surface area contributed by atoms with Crippen LogP contribution >= 0.6 is 23.3 Å². The van der Waals surface area contributed by atoms with Crippen LogP contribution in [0, 0.1) is 0 Å². The van der Waals surface area contributed by atoms with Crippen LogP contribution < -0.4 is 20.1 Å². The summed E-state index contributed by atoms with van der Waals surface area (Å²) in [4.78, 5) is 31.5. The average Bonchev–Trinajstić information content (AvgIpc) is 3.81. The summed E-state index contributed by atoms with van der Waals surface area (Å²) < 4.78 is 8.86. The fourth-order valence-corrected chi connectivity index (χ4v) is 5.03. The van der Waals surface area contributed by atoms with E-state index >= 15 is 0 Å². The number of nitrogens with zero attached hydrogens (tertiary/aromatic N) is 4. The van der Waals surface area contributed by atoms with Crippen LogP contribution in [0.3, 0.4) is 0 Å². The number of nitrogens with one attached hydrogen (secondary N) is 3. The number of rotatable bonds is 13. The maximum absolute atomic E-state index is 13.2. The van der Waals surface area contributed by atoms with E-state index in [1.807, 2.05) is 19.1 Å². The SMILES string of the molecule is CCOc1cncc(-c2cnc(C(=O)NC(CCNC3CC3)c3cc(NSC4CC4)ccn3)s2)n1. The van der Waals surface area contributed by atoms with Gasteiger partial charge in [-0.3, -0.25) is 14.8 Å². The molecule has 3 aromatic rings. The predicted octanol–water partition coefficient (Wildman–Crippen LogP) is 4.23. The van der Waals surface area contributed by atoms with Crippen molar-refractivity contribution in [3.05, 3.63) is 47.6 Å². The molecule has 9 nitrogen and oxygen atoms in total. The quantitative estimate of drug-likeness (QED) is 0.290. The third-order valence-corrected chi connectivity index (χ3v) is 7.79. The van der Waals surface area contributed by atoms with E-state index in [9.17, 15) is 4.79 Å². The minimum absolute atomic E-state index is 0.223. The molecule has 1 unspecified atom stereocenters. The van der Waals surface area contributed by atoms with Crippen LogP contribution in [0.2, 0.25) is 0 Å². The lowest BCUT2D eigenvalue weighted by Gasteiger charge is -2.19. The van der Waals surface area contributed by atoms with Gasteiger partial charge in [0.15, 0.2) is 5.01 Å². The van der Waals surface area contributed by atoms with Crippen LogP contribution in [0.15, 0.2) is 36.9 Å². The second-order valence-corrected chi connectivity index (χ2v) is 10.8. The van der Waals surface area contributed by atoms with E-state index in [1.54, 1.807) is 36.7 Å². The van der Waals surface area contributed by atoms with E-state index in [1.165, 1.54) is 37.0 Å². The number of carbonyl (C=O) groups is 1. The van der Waals surface area contributed by atoms with Crippen molar-refractivity contribution in [3.63, 3.8) is 0 Å². The van der Waals surface area contributed by atoms with Crippen molar-refractivity contribution >= 4 is 34.9 Å². The van der Waals surface area contributed by atoms with Crippen LogP contribution in [-0.4, -0.2) is 50.3 Å². The molecule has 0 saturated heterocycles. The molecular weight excluding hydrogens is 482 g/mol. The summed E-state index contributed by atoms with van der Waals surface area (Å²) in [5, 5.41) is 7.77. The largest absolute Gasteiger partial charge is 0.477 e. The monoisotopic (exact) mass is 511 g/mol. The average molecular weight is 512 g/mol. The first-order valence-electron chi connectivity index (χ1n) is 12.0. The number of anilines is 1. The number of hydrogen-bond donors (Lipinski definition) is 3. The summed E-state index contributed by atoms with van der Waals surface area (Å²) in [5.74, 6) is 0.228. The van der Waals surface area contributed by atoms with Crippen molar-refractivity contribution in [2.45, 2.75) is 56.4 Å². The highest BCUT2D eigenvalue weighted by Gasteiger charge is 2.24. The van der Waals surface area contributed by atoms with Gasteiger partial charge in [0, 0.05) is 29.4 Å². The molecule has 1 amide bonds. The molecule has 184 valence electrons. The third kappa shape index (κ3) is 6.89. The number of thiazole rings is 1. The Kier molecular flexibility index (Phi) is 7.75. The van der Waals surface area contributed by atoms with Gasteiger partial charge in [-0.2, -0.15) is 0 Å². The molecule has 11 heteroatoms. The molecule has 0 spiro atoms. The van der Waals surface area contributed by atoms with Crippen LogP contribution in [0.4, 0.5) is 5.69 Å². The summed E-state index contributed by atoms with van der Waals surface area (Å²) in [6.45, 7) is 3.22. The van der Waals surface area contributed by atoms with Crippen molar-refractivity contribution in [2.24, 2.45) is 0 Å². The molecule has 0 bridgehead atoms. The first-order valence-corrected chi connectivity index (χ1v) is 13.7. The smallest absolute Gasteiger partial charge is 0.280 e. The topological polar surface area (TPSA) is 114 Å². The van der Waals surface area contributed by atoms with Crippen molar-refractivity contribution in [1.82, 2.24) is 30.6 Å². The summed E-state index contributed by atoms with van der Waals surface area (Å²) in [7, 11) is 0. The Morgan fingerprint density at radius 1 is 1.23 bits per heavy atom. The zero-order valence-electron chi connectivity index (χ0n) is 19.6. The van der Waals surface area contributed by atoms with Crippen LogP contribution in [0.25, 0.3) is 10.6 Å². The van der Waals surface area contributed by atoms with E-state index < -0.39 is 0 Å². The fourth-order valence-electron chi connectivity index (χ4n) is 3.45. The van der Waals surface area contributed by atoms with Crippen molar-refractivity contribution in [1.29, 1.82) is 0 Å². The molecule has 2 fully saturated rings. The van der Waals surface area contributed by atoms with Gasteiger partial charge in [0.25, 0.3) is 5.91 Å². The molecule has 3 aromatic heterocycles. The fraction of sp³-hybridized carbons (Fsp3) is 0.458. The minimum Gasteiger partial charge on any atom is -0.477 e. The maximum atomic E-state index is 13.2. The lowest BCUT2D eigenvalue weighted by molar-refractivity contribution is 0.0933. The molecule has 2 saturated carbocycles. The first-order chi connectivity index (χ1) is 17.2. The molecule has 35 heavy (non-hydrogen) atoms. The zero-order valence-corrected chi connectivity index (χ0v) is 21.2. The summed E-state index contributed by atoms with van der Waals surface area (Å²) in [6.07, 6.45) is 12.4. The Labute approximate surface area is 213 Å². The molecule has 0 radical (unpaired) electrons. The normalized spacial score (nSPS) is 16.0. The number of pyridine rings is 1. The highest BCUT2D eigenvalue weighted by Crippen LogP contribution is 2.34. The molecule has 3 heterocycles. The standard InChI is InChI=1S/C24H29N7O2S2/c1-2-33-22-14-25-12-20(29-22)21-13-28-24(34-21)23(32)30-18(8-10-26-15-3-4-15)19-11-16(7-9-27-19)31-35-17-5-6-17/h7,9,11-15,17-18,26H,2-6,8,10H2,1H3,(H,27,31)(H,30,32). The number of hydrogen-bond acceptors (Lipinski definition) is 10. The van der Waals surface area contributed by atoms with E-state index in [2.05, 4.69) is 35.3 Å². The maximum Gasteiger partial charge on any atom is 0.280 e. The second kappa shape index (κ2) is 11.3. The lowest BCUT2D eigenvalue weighted by Crippen LogP contribution is -2.32. The van der Waals surface area contributed by atoms with Crippen LogP contribution in [-0.2, 0) is 0 Å². The van der Waals surface area contributed by atoms with E-state index in [0.29, 0.717) is 34.5 Å². The number of amides is 1. The Morgan fingerprint density at radius 3 is 2.91 bits per heavy atom. The summed E-state index contributed by atoms with van der Waals surface area (Å²) in [6, 6.07) is 4.37. The van der Waals surface area contributed by atoms with Crippen LogP contribution in [0.5, 0.6) is 5.88 Å². The molecule has 0 aromatic carbocycles. The molecule has 1 atom stereocenters. The molecule has 0 aliphatic heterocycles. The highest BCUT2D eigenvalue weighted by atomic mass is 32.2. The Morgan fingerprint density at radius 2 is 2.11 bits per heavy atom. The third-order valence-electron chi connectivity index (χ3n) is 5.61. The van der Waals surface area contributed by atoms with Gasteiger partial charge in [-0.15, -0.1) is 11.3 Å². The number of carbonyl (C=O) groups excluding carboxylic acids is 1. The molecule has 5 rings (SSSR count). The van der Waals surface area contributed by atoms with E-state index in [4.69, 9.17) is 4.74 Å². The molecule has 2 aliphatic carbocycles. The van der Waals surface area contributed by atoms with E-state index in [0.717, 1.165) is 29.2 Å². The number of ether oxygens (including phenoxy) is 1. The number of aromatic nitrogens is 4. The highest BCUT2D eigenvalue weighted by molar-refractivity contribution is 8.01. The van der Waals surface area contributed by atoms with Gasteiger partial charge >= 0.3 is 0 Å². The van der Waals surface area contributed by atoms with Crippen molar-refractivity contribution < 1.29 is 9.53 Å². The van der Waals surface area contributed by atoms with Crippen LogP contribution in [0.1, 0.15) is 60.6 Å². The van der Waals surface area contributed by atoms with Gasteiger partial charge in [-0.25, -0.2) is 9.97 Å². The summed E-state index contributed by atoms with van der Waals surface area (Å²) in [5.41, 5.74) is 2.47. The van der Waals surface area contributed by atoms with Gasteiger partial charge in [0.05, 0.1) is 35.6 Å². The van der Waals surface area contributed by atoms with Gasteiger partial charge < -0.3 is 20.1 Å². The predicted molar refractivity (Wildman–Crippen MR) is 139 cm³/mol. The zero-order chi connectivity index (χ0) is 24.0. The first kappa shape index (κ1) is 24.0. The molecular formula is C24H29N7O2S2. The van der Waals surface area contributed by atoms with Gasteiger partial charge in [-0.05, 0) is 69.7 Å². The molecule has 2 aliphatic rings. The van der Waals surface area contributed by atoms with Crippen molar-refractivity contribution in [3.8, 4) is 16.5 Å². The van der Waals surface area contributed by atoms with Gasteiger partial charge in [0.2, 0.25) is 5.88 Å².